The van der Waals surface area contributed by atoms with Crippen LogP contribution < -0.4 is 10.1 Å². The van der Waals surface area contributed by atoms with Crippen LogP contribution in [0.5, 0.6) is 5.88 Å². The van der Waals surface area contributed by atoms with E-state index in [-0.39, 0.29) is 38.1 Å². The number of nitrogens with zero attached hydrogens (tertiary/aromatic N) is 4. The maximum absolute atomic E-state index is 13.9. The van der Waals surface area contributed by atoms with Crippen LogP contribution in [0.15, 0.2) is 30.6 Å². The lowest BCUT2D eigenvalue weighted by atomic mass is 10.2. The van der Waals surface area contributed by atoms with E-state index in [0.29, 0.717) is 16.8 Å². The smallest absolute Gasteiger partial charge is 0.316 e. The molecule has 1 aromatic heterocycles. The molecule has 1 aliphatic rings. The predicted molar refractivity (Wildman–Crippen MR) is 97.1 cm³/mol. The van der Waals surface area contributed by atoms with Crippen molar-refractivity contribution in [3.8, 4) is 5.88 Å². The third kappa shape index (κ3) is 4.42. The highest BCUT2D eigenvalue weighted by Gasteiger charge is 2.35. The fourth-order valence-electron chi connectivity index (χ4n) is 3.03. The highest BCUT2D eigenvalue weighted by atomic mass is 19.1. The van der Waals surface area contributed by atoms with Gasteiger partial charge < -0.3 is 19.9 Å². The number of urea groups is 1. The van der Waals surface area contributed by atoms with Gasteiger partial charge in [0.05, 0.1) is 23.5 Å². The molecule has 1 aliphatic heterocycles. The Hall–Kier alpha value is -2.97. The van der Waals surface area contributed by atoms with Crippen LogP contribution in [0, 0.1) is 0 Å². The molecule has 1 saturated heterocycles. The van der Waals surface area contributed by atoms with Crippen LogP contribution in [0.1, 0.15) is 6.42 Å². The van der Waals surface area contributed by atoms with Crippen molar-refractivity contribution in [1.29, 1.82) is 0 Å². The number of hydrogen-bond acceptors (Lipinski definition) is 5. The standard InChI is InChI=1S/C18H22FN5O3/c1-23(2)18(26)20-8-13-7-12(19)9-24(13)16(25)10-27-17-14-5-3-4-6-15(14)21-11-22-17/h3-6,11-13H,7-10H2,1-2H3,(H,20,26)/t12-,13-/m0/s1. The van der Waals surface area contributed by atoms with Crippen molar-refractivity contribution in [3.05, 3.63) is 30.6 Å². The van der Waals surface area contributed by atoms with Crippen LogP contribution in [0.4, 0.5) is 9.18 Å². The largest absolute Gasteiger partial charge is 0.467 e. The number of para-hydroxylation sites is 1. The third-order valence-electron chi connectivity index (χ3n) is 4.42. The van der Waals surface area contributed by atoms with Gasteiger partial charge in [0.1, 0.15) is 12.5 Å². The van der Waals surface area contributed by atoms with E-state index in [0.717, 1.165) is 0 Å². The SMILES string of the molecule is CN(C)C(=O)NC[C@@H]1C[C@H](F)CN1C(=O)COc1ncnc2ccccc12. The molecule has 2 heterocycles. The molecule has 8 nitrogen and oxygen atoms in total. The van der Waals surface area contributed by atoms with Crippen molar-refractivity contribution in [2.24, 2.45) is 0 Å². The Labute approximate surface area is 156 Å². The van der Waals surface area contributed by atoms with E-state index in [1.807, 2.05) is 24.3 Å². The maximum Gasteiger partial charge on any atom is 0.316 e. The number of fused-ring (bicyclic) bond motifs is 1. The second-order valence-electron chi connectivity index (χ2n) is 6.60. The first-order valence-corrected chi connectivity index (χ1v) is 8.67. The third-order valence-corrected chi connectivity index (χ3v) is 4.42. The Bertz CT molecular complexity index is 826. The summed E-state index contributed by atoms with van der Waals surface area (Å²) in [4.78, 5) is 35.3. The van der Waals surface area contributed by atoms with Gasteiger partial charge >= 0.3 is 6.03 Å². The summed E-state index contributed by atoms with van der Waals surface area (Å²) in [5, 5.41) is 3.39. The van der Waals surface area contributed by atoms with E-state index in [1.54, 1.807) is 14.1 Å². The summed E-state index contributed by atoms with van der Waals surface area (Å²) < 4.78 is 19.4. The van der Waals surface area contributed by atoms with Gasteiger partial charge in [-0.15, -0.1) is 0 Å². The molecule has 1 N–H and O–H groups in total. The minimum Gasteiger partial charge on any atom is -0.467 e. The number of carbonyl (C=O) groups is 2. The zero-order chi connectivity index (χ0) is 19.4. The number of likely N-dealkylation sites (tertiary alicyclic amines) is 1. The number of halogens is 1. The molecule has 1 fully saturated rings. The number of ether oxygens (including phenoxy) is 1. The van der Waals surface area contributed by atoms with E-state index in [1.165, 1.54) is 16.1 Å². The Morgan fingerprint density at radius 2 is 2.11 bits per heavy atom. The summed E-state index contributed by atoms with van der Waals surface area (Å²) in [7, 11) is 3.23. The van der Waals surface area contributed by atoms with Crippen LogP contribution in [-0.4, -0.2) is 77.7 Å². The summed E-state index contributed by atoms with van der Waals surface area (Å²) in [6, 6.07) is 6.63. The molecule has 0 spiro atoms. The molecule has 0 aliphatic carbocycles. The quantitative estimate of drug-likeness (QED) is 0.849. The summed E-state index contributed by atoms with van der Waals surface area (Å²) in [5.74, 6) is -0.0376. The average molecular weight is 375 g/mol. The van der Waals surface area contributed by atoms with Crippen molar-refractivity contribution >= 4 is 22.8 Å². The zero-order valence-corrected chi connectivity index (χ0v) is 15.3. The number of aromatic nitrogens is 2. The zero-order valence-electron chi connectivity index (χ0n) is 15.3. The fourth-order valence-corrected chi connectivity index (χ4v) is 3.03. The molecule has 3 rings (SSSR count). The first kappa shape index (κ1) is 18.8. The first-order valence-electron chi connectivity index (χ1n) is 8.67. The summed E-state index contributed by atoms with van der Waals surface area (Å²) in [6.45, 7) is -0.0688. The Kier molecular flexibility index (Phi) is 5.68. The predicted octanol–water partition coefficient (Wildman–Crippen LogP) is 1.22. The van der Waals surface area contributed by atoms with Crippen LogP contribution >= 0.6 is 0 Å². The van der Waals surface area contributed by atoms with Crippen LogP contribution in [-0.2, 0) is 4.79 Å². The highest BCUT2D eigenvalue weighted by Crippen LogP contribution is 2.22. The lowest BCUT2D eigenvalue weighted by Crippen LogP contribution is -2.46. The second-order valence-corrected chi connectivity index (χ2v) is 6.60. The van der Waals surface area contributed by atoms with Gasteiger partial charge in [0.25, 0.3) is 5.91 Å². The topological polar surface area (TPSA) is 87.7 Å². The second kappa shape index (κ2) is 8.15. The summed E-state index contributed by atoms with van der Waals surface area (Å²) >= 11 is 0. The molecular formula is C18H22FN5O3. The summed E-state index contributed by atoms with van der Waals surface area (Å²) in [5.41, 5.74) is 0.712. The van der Waals surface area contributed by atoms with E-state index in [2.05, 4.69) is 15.3 Å². The molecule has 2 atom stereocenters. The molecule has 0 saturated carbocycles. The number of nitrogens with one attached hydrogen (secondary N) is 1. The molecule has 27 heavy (non-hydrogen) atoms. The number of alkyl halides is 1. The van der Waals surface area contributed by atoms with Crippen LogP contribution in [0.3, 0.4) is 0 Å². The van der Waals surface area contributed by atoms with E-state index < -0.39 is 12.2 Å². The molecule has 0 radical (unpaired) electrons. The maximum atomic E-state index is 13.9. The van der Waals surface area contributed by atoms with Crippen LogP contribution in [0.25, 0.3) is 10.9 Å². The number of amides is 3. The highest BCUT2D eigenvalue weighted by molar-refractivity contribution is 5.84. The Morgan fingerprint density at radius 3 is 2.89 bits per heavy atom. The molecule has 3 amide bonds. The normalized spacial score (nSPS) is 19.1. The van der Waals surface area contributed by atoms with E-state index in [9.17, 15) is 14.0 Å². The van der Waals surface area contributed by atoms with Gasteiger partial charge in [-0.1, -0.05) is 12.1 Å². The number of carbonyl (C=O) groups excluding carboxylic acids is 2. The van der Waals surface area contributed by atoms with Crippen molar-refractivity contribution in [1.82, 2.24) is 25.1 Å². The molecule has 144 valence electrons. The van der Waals surface area contributed by atoms with Crippen molar-refractivity contribution in [2.45, 2.75) is 18.6 Å². The van der Waals surface area contributed by atoms with Gasteiger partial charge in [-0.3, -0.25) is 4.79 Å². The van der Waals surface area contributed by atoms with Gasteiger partial charge in [-0.25, -0.2) is 19.2 Å². The van der Waals surface area contributed by atoms with E-state index in [4.69, 9.17) is 4.74 Å². The lowest BCUT2D eigenvalue weighted by molar-refractivity contribution is -0.134. The molecule has 9 heteroatoms. The Morgan fingerprint density at radius 1 is 1.33 bits per heavy atom. The van der Waals surface area contributed by atoms with Crippen molar-refractivity contribution in [2.75, 3.05) is 33.8 Å². The van der Waals surface area contributed by atoms with Crippen LogP contribution in [0.2, 0.25) is 0 Å². The van der Waals surface area contributed by atoms with Gasteiger partial charge in [0.2, 0.25) is 5.88 Å². The molecule has 1 aromatic carbocycles. The average Bonchev–Trinajstić information content (AvgIpc) is 3.04. The number of rotatable bonds is 5. The minimum absolute atomic E-state index is 0.00475. The Balaban J connectivity index is 1.62. The molecular weight excluding hydrogens is 353 g/mol. The lowest BCUT2D eigenvalue weighted by Gasteiger charge is -2.25. The van der Waals surface area contributed by atoms with Gasteiger partial charge in [-0.05, 0) is 12.1 Å². The fraction of sp³-hybridized carbons (Fsp3) is 0.444. The number of benzene rings is 1. The molecule has 2 aromatic rings. The minimum atomic E-state index is -1.12. The first-order chi connectivity index (χ1) is 13.0. The molecule has 0 unspecified atom stereocenters. The van der Waals surface area contributed by atoms with Gasteiger partial charge in [-0.2, -0.15) is 0 Å². The van der Waals surface area contributed by atoms with Gasteiger partial charge in [0.15, 0.2) is 6.61 Å². The van der Waals surface area contributed by atoms with Crippen molar-refractivity contribution < 1.29 is 18.7 Å². The van der Waals surface area contributed by atoms with E-state index >= 15 is 0 Å². The van der Waals surface area contributed by atoms with Crippen molar-refractivity contribution in [3.63, 3.8) is 0 Å². The van der Waals surface area contributed by atoms with Gasteiger partial charge in [0, 0.05) is 27.1 Å². The molecule has 0 bridgehead atoms. The summed E-state index contributed by atoms with van der Waals surface area (Å²) in [6.07, 6.45) is 0.445. The monoisotopic (exact) mass is 375 g/mol. The number of hydrogen-bond donors (Lipinski definition) is 1.